The molecule has 0 bridgehead atoms. The smallest absolute Gasteiger partial charge is 0.246 e. The number of rotatable bonds is 7. The molecule has 0 aliphatic rings. The molecule has 7 nitrogen and oxygen atoms in total. The van der Waals surface area contributed by atoms with Crippen molar-refractivity contribution in [2.75, 3.05) is 32.1 Å². The Morgan fingerprint density at radius 2 is 2.07 bits per heavy atom. The van der Waals surface area contributed by atoms with Gasteiger partial charge in [-0.1, -0.05) is 0 Å². The summed E-state index contributed by atoms with van der Waals surface area (Å²) in [4.78, 5) is 10.9. The summed E-state index contributed by atoms with van der Waals surface area (Å²) in [7, 11) is -3.52. The number of sulfonamides is 1. The van der Waals surface area contributed by atoms with E-state index in [0.29, 0.717) is 13.2 Å². The summed E-state index contributed by atoms with van der Waals surface area (Å²) in [6.45, 7) is 0.499. The van der Waals surface area contributed by atoms with E-state index in [1.165, 1.54) is 0 Å². The van der Waals surface area contributed by atoms with Crippen molar-refractivity contribution in [2.45, 2.75) is 0 Å². The second-order valence-electron chi connectivity index (χ2n) is 2.56. The zero-order valence-electron chi connectivity index (χ0n) is 7.73. The molecule has 14 heavy (non-hydrogen) atoms. The van der Waals surface area contributed by atoms with E-state index in [1.54, 1.807) is 0 Å². The SMILES string of the molecule is NCCOCC(=O)NCCS(N)(=O)=O. The molecule has 0 aliphatic carbocycles. The Kier molecular flexibility index (Phi) is 6.37. The van der Waals surface area contributed by atoms with Gasteiger partial charge < -0.3 is 15.8 Å². The maximum atomic E-state index is 10.9. The number of carbonyl (C=O) groups excluding carboxylic acids is 1. The van der Waals surface area contributed by atoms with Gasteiger partial charge in [0.05, 0.1) is 12.4 Å². The molecule has 0 aromatic heterocycles. The molecule has 0 fully saturated rings. The van der Waals surface area contributed by atoms with Crippen LogP contribution in [0, 0.1) is 0 Å². The summed E-state index contributed by atoms with van der Waals surface area (Å²) in [5, 5.41) is 7.05. The second kappa shape index (κ2) is 6.71. The molecule has 8 heteroatoms. The molecule has 0 rings (SSSR count). The Hall–Kier alpha value is -0.700. The topological polar surface area (TPSA) is 125 Å². The molecule has 0 heterocycles. The predicted molar refractivity (Wildman–Crippen MR) is 50.9 cm³/mol. The molecule has 0 unspecified atom stereocenters. The monoisotopic (exact) mass is 225 g/mol. The zero-order chi connectivity index (χ0) is 11.0. The van der Waals surface area contributed by atoms with E-state index in [2.05, 4.69) is 5.32 Å². The van der Waals surface area contributed by atoms with Crippen LogP contribution in [0.25, 0.3) is 0 Å². The Balaban J connectivity index is 3.45. The van der Waals surface area contributed by atoms with Crippen molar-refractivity contribution in [1.82, 2.24) is 5.32 Å². The van der Waals surface area contributed by atoms with Crippen molar-refractivity contribution in [1.29, 1.82) is 0 Å². The Labute approximate surface area is 82.8 Å². The van der Waals surface area contributed by atoms with Gasteiger partial charge >= 0.3 is 0 Å². The van der Waals surface area contributed by atoms with Gasteiger partial charge in [-0.15, -0.1) is 0 Å². The highest BCUT2D eigenvalue weighted by atomic mass is 32.2. The lowest BCUT2D eigenvalue weighted by Gasteiger charge is -2.04. The van der Waals surface area contributed by atoms with Crippen molar-refractivity contribution in [3.05, 3.63) is 0 Å². The van der Waals surface area contributed by atoms with Crippen LogP contribution in [0.3, 0.4) is 0 Å². The third-order valence-corrected chi connectivity index (χ3v) is 1.98. The maximum absolute atomic E-state index is 10.9. The highest BCUT2D eigenvalue weighted by Crippen LogP contribution is 1.77. The minimum atomic E-state index is -3.52. The number of nitrogens with one attached hydrogen (secondary N) is 1. The number of carbonyl (C=O) groups is 1. The molecule has 0 aromatic rings. The van der Waals surface area contributed by atoms with Gasteiger partial charge in [0.15, 0.2) is 0 Å². The van der Waals surface area contributed by atoms with E-state index >= 15 is 0 Å². The predicted octanol–water partition coefficient (Wildman–Crippen LogP) is -2.63. The molecule has 5 N–H and O–H groups in total. The van der Waals surface area contributed by atoms with Gasteiger partial charge in [-0.2, -0.15) is 0 Å². The van der Waals surface area contributed by atoms with E-state index in [-0.39, 0.29) is 24.8 Å². The molecule has 0 aromatic carbocycles. The van der Waals surface area contributed by atoms with Gasteiger partial charge in [-0.25, -0.2) is 13.6 Å². The summed E-state index contributed by atoms with van der Waals surface area (Å²) in [5.41, 5.74) is 5.12. The van der Waals surface area contributed by atoms with Crippen molar-refractivity contribution in [3.63, 3.8) is 0 Å². The van der Waals surface area contributed by atoms with Crippen LogP contribution >= 0.6 is 0 Å². The molecule has 0 radical (unpaired) electrons. The summed E-state index contributed by atoms with van der Waals surface area (Å²) in [5.74, 6) is -0.669. The maximum Gasteiger partial charge on any atom is 0.246 e. The lowest BCUT2D eigenvalue weighted by molar-refractivity contribution is -0.125. The second-order valence-corrected chi connectivity index (χ2v) is 4.29. The molecule has 0 atom stereocenters. The summed E-state index contributed by atoms with van der Waals surface area (Å²) in [6, 6.07) is 0. The Bertz CT molecular complexity index is 264. The van der Waals surface area contributed by atoms with Gasteiger partial charge in [0.2, 0.25) is 15.9 Å². The van der Waals surface area contributed by atoms with Gasteiger partial charge in [-0.3, -0.25) is 4.79 Å². The van der Waals surface area contributed by atoms with Gasteiger partial charge in [0, 0.05) is 13.1 Å². The first-order valence-corrected chi connectivity index (χ1v) is 5.72. The highest BCUT2D eigenvalue weighted by Gasteiger charge is 2.04. The molecule has 0 aliphatic heterocycles. The van der Waals surface area contributed by atoms with E-state index < -0.39 is 10.0 Å². The molecule has 1 amide bonds. The summed E-state index contributed by atoms with van der Waals surface area (Å²) < 4.78 is 25.7. The minimum absolute atomic E-state index is 0.0103. The fourth-order valence-electron chi connectivity index (χ4n) is 0.632. The lowest BCUT2D eigenvalue weighted by atomic mass is 10.6. The first-order valence-electron chi connectivity index (χ1n) is 4.00. The quantitative estimate of drug-likeness (QED) is 0.409. The highest BCUT2D eigenvalue weighted by molar-refractivity contribution is 7.89. The van der Waals surface area contributed by atoms with Crippen LogP contribution in [0.1, 0.15) is 0 Å². The fraction of sp³-hybridized carbons (Fsp3) is 0.833. The van der Waals surface area contributed by atoms with Crippen molar-refractivity contribution >= 4 is 15.9 Å². The zero-order valence-corrected chi connectivity index (χ0v) is 8.55. The summed E-state index contributed by atoms with van der Waals surface area (Å²) in [6.07, 6.45) is 0. The molecule has 0 spiro atoms. The van der Waals surface area contributed by atoms with E-state index in [4.69, 9.17) is 15.6 Å². The van der Waals surface area contributed by atoms with E-state index in [9.17, 15) is 13.2 Å². The number of amides is 1. The number of nitrogens with two attached hydrogens (primary N) is 2. The third-order valence-electron chi connectivity index (χ3n) is 1.20. The number of hydrogen-bond donors (Lipinski definition) is 3. The van der Waals surface area contributed by atoms with Crippen molar-refractivity contribution < 1.29 is 17.9 Å². The minimum Gasteiger partial charge on any atom is -0.370 e. The van der Waals surface area contributed by atoms with Crippen LogP contribution in [0.2, 0.25) is 0 Å². The fourth-order valence-corrected chi connectivity index (χ4v) is 1.02. The third kappa shape index (κ3) is 9.39. The number of ether oxygens (including phenoxy) is 1. The van der Waals surface area contributed by atoms with Crippen LogP contribution in [-0.4, -0.2) is 46.4 Å². The average molecular weight is 225 g/mol. The van der Waals surface area contributed by atoms with Crippen molar-refractivity contribution in [2.24, 2.45) is 10.9 Å². The van der Waals surface area contributed by atoms with Crippen LogP contribution < -0.4 is 16.2 Å². The normalized spacial score (nSPS) is 11.3. The Morgan fingerprint density at radius 3 is 2.57 bits per heavy atom. The first-order chi connectivity index (χ1) is 6.45. The van der Waals surface area contributed by atoms with Gasteiger partial charge in [0.1, 0.15) is 6.61 Å². The van der Waals surface area contributed by atoms with Crippen molar-refractivity contribution in [3.8, 4) is 0 Å². The molecular formula is C6H15N3O4S. The summed E-state index contributed by atoms with van der Waals surface area (Å²) >= 11 is 0. The van der Waals surface area contributed by atoms with Crippen LogP contribution in [0.5, 0.6) is 0 Å². The lowest BCUT2D eigenvalue weighted by Crippen LogP contribution is -2.34. The van der Waals surface area contributed by atoms with Gasteiger partial charge in [-0.05, 0) is 0 Å². The van der Waals surface area contributed by atoms with E-state index in [1.807, 2.05) is 0 Å². The molecule has 0 saturated carbocycles. The van der Waals surface area contributed by atoms with Gasteiger partial charge in [0.25, 0.3) is 0 Å². The van der Waals surface area contributed by atoms with Crippen LogP contribution in [-0.2, 0) is 19.6 Å². The molecular weight excluding hydrogens is 210 g/mol. The van der Waals surface area contributed by atoms with E-state index in [0.717, 1.165) is 0 Å². The van der Waals surface area contributed by atoms with Crippen LogP contribution in [0.4, 0.5) is 0 Å². The average Bonchev–Trinajstić information content (AvgIpc) is 2.02. The number of hydrogen-bond acceptors (Lipinski definition) is 5. The van der Waals surface area contributed by atoms with Crippen LogP contribution in [0.15, 0.2) is 0 Å². The largest absolute Gasteiger partial charge is 0.370 e. The first kappa shape index (κ1) is 13.3. The molecule has 0 saturated heterocycles. The standard InChI is InChI=1S/C6H15N3O4S/c7-1-3-13-5-6(10)9-2-4-14(8,11)12/h1-5,7H2,(H,9,10)(H2,8,11,12). The Morgan fingerprint density at radius 1 is 1.43 bits per heavy atom. The number of primary sulfonamides is 1. The molecule has 84 valence electrons.